The molecular weight excluding hydrogens is 214 g/mol. The third-order valence-electron chi connectivity index (χ3n) is 4.00. The molecule has 17 heavy (non-hydrogen) atoms. The molecule has 0 radical (unpaired) electrons. The van der Waals surface area contributed by atoms with Crippen LogP contribution in [0.3, 0.4) is 0 Å². The van der Waals surface area contributed by atoms with Crippen molar-refractivity contribution in [2.75, 3.05) is 11.4 Å². The normalized spacial score (nSPS) is 27.1. The Morgan fingerprint density at radius 3 is 2.88 bits per heavy atom. The fraction of sp³-hybridized carbons (Fsp3) is 0.692. The van der Waals surface area contributed by atoms with Crippen molar-refractivity contribution < 1.29 is 0 Å². The van der Waals surface area contributed by atoms with E-state index >= 15 is 0 Å². The quantitative estimate of drug-likeness (QED) is 0.848. The predicted octanol–water partition coefficient (Wildman–Crippen LogP) is 1.88. The van der Waals surface area contributed by atoms with Gasteiger partial charge in [0.25, 0.3) is 5.56 Å². The van der Waals surface area contributed by atoms with Crippen molar-refractivity contribution in [2.24, 2.45) is 5.92 Å². The number of rotatable bonds is 2. The molecule has 1 aliphatic carbocycles. The van der Waals surface area contributed by atoms with Crippen molar-refractivity contribution in [1.82, 2.24) is 9.97 Å². The van der Waals surface area contributed by atoms with Crippen LogP contribution in [-0.2, 0) is 0 Å². The predicted molar refractivity (Wildman–Crippen MR) is 67.4 cm³/mol. The summed E-state index contributed by atoms with van der Waals surface area (Å²) in [6, 6.07) is 2.27. The maximum atomic E-state index is 11.7. The van der Waals surface area contributed by atoms with E-state index in [2.05, 4.69) is 28.7 Å². The van der Waals surface area contributed by atoms with Gasteiger partial charge in [-0.1, -0.05) is 13.8 Å². The maximum absolute atomic E-state index is 11.7. The molecule has 92 valence electrons. The highest BCUT2D eigenvalue weighted by atomic mass is 16.1. The highest BCUT2D eigenvalue weighted by Gasteiger charge is 2.38. The molecule has 0 spiro atoms. The van der Waals surface area contributed by atoms with Crippen LogP contribution in [0.15, 0.2) is 10.9 Å². The Morgan fingerprint density at radius 2 is 2.29 bits per heavy atom. The molecule has 2 unspecified atom stereocenters. The topological polar surface area (TPSA) is 49.0 Å². The lowest BCUT2D eigenvalue weighted by molar-refractivity contribution is 0.548. The van der Waals surface area contributed by atoms with Gasteiger partial charge in [0.2, 0.25) is 0 Å². The van der Waals surface area contributed by atoms with Crippen LogP contribution in [0.25, 0.3) is 0 Å². The molecule has 4 heteroatoms. The van der Waals surface area contributed by atoms with Crippen LogP contribution in [0.5, 0.6) is 0 Å². The Hall–Kier alpha value is -1.32. The minimum Gasteiger partial charge on any atom is -0.353 e. The van der Waals surface area contributed by atoms with Gasteiger partial charge >= 0.3 is 0 Å². The minimum atomic E-state index is -0.0264. The molecule has 0 aromatic carbocycles. The smallest absolute Gasteiger partial charge is 0.252 e. The number of nitrogens with zero attached hydrogens (tertiary/aromatic N) is 2. The average Bonchev–Trinajstić information content (AvgIpc) is 2.89. The molecule has 1 N–H and O–H groups in total. The van der Waals surface area contributed by atoms with E-state index in [1.807, 2.05) is 0 Å². The van der Waals surface area contributed by atoms with Crippen LogP contribution in [0.2, 0.25) is 0 Å². The lowest BCUT2D eigenvalue weighted by atomic mass is 10.1. The van der Waals surface area contributed by atoms with E-state index in [-0.39, 0.29) is 11.5 Å². The maximum Gasteiger partial charge on any atom is 0.252 e. The number of H-pyrrole nitrogens is 1. The highest BCUT2D eigenvalue weighted by molar-refractivity contribution is 5.42. The zero-order valence-corrected chi connectivity index (χ0v) is 10.4. The first-order valence-electron chi connectivity index (χ1n) is 6.51. The number of aromatic nitrogens is 2. The molecule has 1 aliphatic heterocycles. The van der Waals surface area contributed by atoms with Crippen molar-refractivity contribution in [3.05, 3.63) is 22.2 Å². The van der Waals surface area contributed by atoms with Crippen LogP contribution in [-0.4, -0.2) is 22.6 Å². The van der Waals surface area contributed by atoms with E-state index in [1.165, 1.54) is 19.3 Å². The summed E-state index contributed by atoms with van der Waals surface area (Å²) >= 11 is 0. The van der Waals surface area contributed by atoms with Crippen molar-refractivity contribution in [3.8, 4) is 0 Å². The Kier molecular flexibility index (Phi) is 2.45. The first-order chi connectivity index (χ1) is 8.13. The van der Waals surface area contributed by atoms with Gasteiger partial charge in [0, 0.05) is 24.6 Å². The summed E-state index contributed by atoms with van der Waals surface area (Å²) in [6.07, 6.45) is 3.89. The standard InChI is InChI=1S/C13H19N3O/c1-8(2)13-14-11(6-12(17)15-13)16-7-9-3-4-10(16)5-9/h6,8-10H,3-5,7H2,1-2H3,(H,14,15,17). The summed E-state index contributed by atoms with van der Waals surface area (Å²) in [5.41, 5.74) is -0.0264. The second-order valence-electron chi connectivity index (χ2n) is 5.63. The third-order valence-corrected chi connectivity index (χ3v) is 4.00. The molecule has 4 nitrogen and oxygen atoms in total. The summed E-state index contributed by atoms with van der Waals surface area (Å²) in [5.74, 6) is 2.77. The second-order valence-corrected chi connectivity index (χ2v) is 5.63. The lowest BCUT2D eigenvalue weighted by Gasteiger charge is -2.28. The molecule has 2 heterocycles. The SMILES string of the molecule is CC(C)c1nc(N2CC3CCC2C3)cc(=O)[nH]1. The number of anilines is 1. The molecule has 2 aliphatic rings. The lowest BCUT2D eigenvalue weighted by Crippen LogP contribution is -2.34. The van der Waals surface area contributed by atoms with Gasteiger partial charge in [0.1, 0.15) is 11.6 Å². The van der Waals surface area contributed by atoms with Gasteiger partial charge in [-0.05, 0) is 25.2 Å². The summed E-state index contributed by atoms with van der Waals surface area (Å²) in [5, 5.41) is 0. The van der Waals surface area contributed by atoms with E-state index in [0.717, 1.165) is 24.1 Å². The molecule has 1 saturated carbocycles. The summed E-state index contributed by atoms with van der Waals surface area (Å²) in [7, 11) is 0. The number of aromatic amines is 1. The van der Waals surface area contributed by atoms with E-state index in [4.69, 9.17) is 0 Å². The Labute approximate surface area is 101 Å². The van der Waals surface area contributed by atoms with Gasteiger partial charge < -0.3 is 9.88 Å². The van der Waals surface area contributed by atoms with Gasteiger partial charge in [-0.15, -0.1) is 0 Å². The molecule has 3 rings (SSSR count). The Balaban J connectivity index is 1.95. The van der Waals surface area contributed by atoms with Crippen LogP contribution in [0, 0.1) is 5.92 Å². The first-order valence-corrected chi connectivity index (χ1v) is 6.51. The first kappa shape index (κ1) is 10.8. The number of nitrogens with one attached hydrogen (secondary N) is 1. The minimum absolute atomic E-state index is 0.0264. The third kappa shape index (κ3) is 1.85. The van der Waals surface area contributed by atoms with Crippen LogP contribution in [0.4, 0.5) is 5.82 Å². The van der Waals surface area contributed by atoms with Crippen molar-refractivity contribution in [1.29, 1.82) is 0 Å². The zero-order chi connectivity index (χ0) is 12.0. The van der Waals surface area contributed by atoms with Gasteiger partial charge in [-0.2, -0.15) is 0 Å². The van der Waals surface area contributed by atoms with E-state index in [0.29, 0.717) is 6.04 Å². The summed E-state index contributed by atoms with van der Waals surface area (Å²) in [4.78, 5) is 21.4. The van der Waals surface area contributed by atoms with E-state index in [9.17, 15) is 4.79 Å². The second kappa shape index (κ2) is 3.86. The molecule has 2 fully saturated rings. The fourth-order valence-electron chi connectivity index (χ4n) is 3.09. The van der Waals surface area contributed by atoms with Crippen LogP contribution in [0.1, 0.15) is 44.9 Å². The molecule has 0 amide bonds. The molecule has 2 atom stereocenters. The van der Waals surface area contributed by atoms with Crippen LogP contribution < -0.4 is 10.5 Å². The van der Waals surface area contributed by atoms with Crippen LogP contribution >= 0.6 is 0 Å². The number of hydrogen-bond donors (Lipinski definition) is 1. The van der Waals surface area contributed by atoms with Gasteiger partial charge in [-0.25, -0.2) is 4.98 Å². The molecule has 1 saturated heterocycles. The van der Waals surface area contributed by atoms with Crippen molar-refractivity contribution >= 4 is 5.82 Å². The average molecular weight is 233 g/mol. The molecule has 2 bridgehead atoms. The fourth-order valence-corrected chi connectivity index (χ4v) is 3.09. The largest absolute Gasteiger partial charge is 0.353 e. The van der Waals surface area contributed by atoms with Crippen molar-refractivity contribution in [2.45, 2.75) is 45.1 Å². The zero-order valence-electron chi connectivity index (χ0n) is 10.4. The number of fused-ring (bicyclic) bond motifs is 2. The number of piperidine rings is 1. The highest BCUT2D eigenvalue weighted by Crippen LogP contribution is 2.39. The summed E-state index contributed by atoms with van der Waals surface area (Å²) in [6.45, 7) is 5.19. The molecular formula is C13H19N3O. The monoisotopic (exact) mass is 233 g/mol. The Morgan fingerprint density at radius 1 is 1.47 bits per heavy atom. The summed E-state index contributed by atoms with van der Waals surface area (Å²) < 4.78 is 0. The van der Waals surface area contributed by atoms with Gasteiger partial charge in [-0.3, -0.25) is 4.79 Å². The van der Waals surface area contributed by atoms with Crippen molar-refractivity contribution in [3.63, 3.8) is 0 Å². The molecule has 1 aromatic rings. The van der Waals surface area contributed by atoms with Gasteiger partial charge in [0.15, 0.2) is 0 Å². The van der Waals surface area contributed by atoms with E-state index < -0.39 is 0 Å². The number of hydrogen-bond acceptors (Lipinski definition) is 3. The van der Waals surface area contributed by atoms with E-state index in [1.54, 1.807) is 6.07 Å². The molecule has 1 aromatic heterocycles. The van der Waals surface area contributed by atoms with Gasteiger partial charge in [0.05, 0.1) is 0 Å². The Bertz CT molecular complexity index is 480.